The Morgan fingerprint density at radius 1 is 0.171 bits per heavy atom. The molecule has 0 saturated heterocycles. The Labute approximate surface area is 680 Å². The Morgan fingerprint density at radius 2 is 0.453 bits per heavy atom. The molecule has 0 unspecified atom stereocenters. The van der Waals surface area contributed by atoms with Gasteiger partial charge in [-0.3, -0.25) is 0 Å². The first-order chi connectivity index (χ1) is 57.3. The number of rotatable bonds is 10. The van der Waals surface area contributed by atoms with E-state index in [4.69, 9.17) is 0 Å². The molecule has 2 aliphatic carbocycles. The Hall–Kier alpha value is -14.8. The second kappa shape index (κ2) is 27.2. The van der Waals surface area contributed by atoms with Crippen molar-refractivity contribution < 1.29 is 0 Å². The normalized spacial score (nSPS) is 12.9. The number of nitrogens with zero attached hydrogens (tertiary/aromatic N) is 4. The van der Waals surface area contributed by atoms with Gasteiger partial charge in [-0.1, -0.05) is 319 Å². The van der Waals surface area contributed by atoms with Crippen LogP contribution < -0.4 is 0 Å². The average Bonchev–Trinajstić information content (AvgIpc) is 1.55. The zero-order valence-electron chi connectivity index (χ0n) is 64.2. The van der Waals surface area contributed by atoms with Gasteiger partial charge in [-0.05, 0) is 228 Å². The second-order valence-corrected chi connectivity index (χ2v) is 31.8. The molecule has 4 heterocycles. The van der Waals surface area contributed by atoms with E-state index in [1.807, 2.05) is 0 Å². The van der Waals surface area contributed by atoms with E-state index in [1.54, 1.807) is 0 Å². The predicted octanol–water partition coefficient (Wildman–Crippen LogP) is 29.7. The van der Waals surface area contributed by atoms with E-state index in [2.05, 4.69) is 457 Å². The minimum absolute atomic E-state index is 0. The number of fused-ring (bicyclic) bond motifs is 18. The van der Waals surface area contributed by atoms with Gasteiger partial charge >= 0.3 is 0 Å². The maximum atomic E-state index is 2.45. The molecule has 4 nitrogen and oxygen atoms in total. The molecule has 0 atom stereocenters. The lowest BCUT2D eigenvalue weighted by atomic mass is 9.67. The number of hydrogen-bond donors (Lipinski definition) is 0. The molecule has 0 N–H and O–H groups in total. The molecule has 552 valence electrons. The van der Waals surface area contributed by atoms with Gasteiger partial charge in [0.1, 0.15) is 0 Å². The van der Waals surface area contributed by atoms with Crippen molar-refractivity contribution >= 4 is 87.2 Å². The lowest BCUT2D eigenvalue weighted by molar-refractivity contribution is 0.660. The molecule has 24 rings (SSSR count). The lowest BCUT2D eigenvalue weighted by Crippen LogP contribution is -2.28. The monoisotopic (exact) mass is 1490 g/mol. The quantitative estimate of drug-likeness (QED) is 0.130. The lowest BCUT2D eigenvalue weighted by Gasteiger charge is -2.33. The maximum absolute atomic E-state index is 2.45. The van der Waals surface area contributed by atoms with Crippen LogP contribution in [0, 0.1) is 0 Å². The van der Waals surface area contributed by atoms with E-state index in [0.29, 0.717) is 0 Å². The molecule has 0 aliphatic heterocycles. The van der Waals surface area contributed by atoms with Crippen LogP contribution in [0.3, 0.4) is 0 Å². The summed E-state index contributed by atoms with van der Waals surface area (Å²) in [4.78, 5) is 0. The van der Waals surface area contributed by atoms with Crippen molar-refractivity contribution in [3.8, 4) is 89.5 Å². The highest BCUT2D eigenvalue weighted by atomic mass is 15.0. The van der Waals surface area contributed by atoms with Crippen LogP contribution >= 0.6 is 0 Å². The van der Waals surface area contributed by atoms with Crippen LogP contribution in [0.15, 0.2) is 425 Å². The first-order valence-corrected chi connectivity index (χ1v) is 40.4. The fourth-order valence-corrected chi connectivity index (χ4v) is 20.0. The third kappa shape index (κ3) is 10.7. The van der Waals surface area contributed by atoms with Crippen LogP contribution in [0.5, 0.6) is 0 Å². The zero-order chi connectivity index (χ0) is 76.7. The van der Waals surface area contributed by atoms with Crippen LogP contribution in [-0.2, 0) is 10.8 Å². The summed E-state index contributed by atoms with van der Waals surface area (Å²) < 4.78 is 9.65. The van der Waals surface area contributed by atoms with Crippen molar-refractivity contribution in [3.63, 3.8) is 0 Å². The summed E-state index contributed by atoms with van der Waals surface area (Å²) in [6.07, 6.45) is 0. The molecule has 0 saturated carbocycles. The fourth-order valence-electron chi connectivity index (χ4n) is 20.0. The molecule has 117 heavy (non-hydrogen) atoms. The second-order valence-electron chi connectivity index (χ2n) is 31.8. The molecule has 4 aromatic heterocycles. The molecular formula is C113H80N4. The van der Waals surface area contributed by atoms with Crippen molar-refractivity contribution in [2.24, 2.45) is 0 Å². The first kappa shape index (κ1) is 68.9. The van der Waals surface area contributed by atoms with Gasteiger partial charge in [0, 0.05) is 71.3 Å². The standard InChI is InChI=1S/C61H40N2.C51H36N2.CH4/c1-4-16-45(17-5-1)61(46-18-6-2-7-19-46)55-25-13-10-22-49(55)52-38-42(30-35-56(52)61)41-28-33-48(34-29-41)63-58-27-15-12-24-51(58)54-40-44(32-37-60(54)63)43-31-36-59-53(39-43)50-23-11-14-26-57(50)62(59)47-20-8-3-9-21-47;1-51(2)45-17-9-6-14-39(45)40-27-26-38(32-46(40)51)53-48-19-11-8-16-42(48)44-31-36(23-29-50(44)53)35-22-28-49-43(30-35)41-15-7-10-18-47(41)52(49)37-24-20-34(21-25-37)33-12-4-3-5-13-33;/h1-40H;3-32H,1-2H3;1H4. The fraction of sp³-hybridized carbons (Fsp3) is 0.0442. The largest absolute Gasteiger partial charge is 0.309 e. The minimum atomic E-state index is -0.400. The van der Waals surface area contributed by atoms with Gasteiger partial charge in [0.05, 0.1) is 49.5 Å². The van der Waals surface area contributed by atoms with Gasteiger partial charge in [0.2, 0.25) is 0 Å². The molecular weight excluding hydrogens is 1410 g/mol. The minimum Gasteiger partial charge on any atom is -0.309 e. The van der Waals surface area contributed by atoms with Crippen molar-refractivity contribution in [1.29, 1.82) is 0 Å². The van der Waals surface area contributed by atoms with Crippen LogP contribution in [-0.4, -0.2) is 18.3 Å². The molecule has 2 aliphatic rings. The molecule has 0 amide bonds. The highest BCUT2D eigenvalue weighted by molar-refractivity contribution is 6.15. The Balaban J connectivity index is 0.000000142. The molecule has 0 fully saturated rings. The number of aromatic nitrogens is 4. The van der Waals surface area contributed by atoms with E-state index in [9.17, 15) is 0 Å². The molecule has 18 aromatic carbocycles. The Kier molecular flexibility index (Phi) is 16.0. The average molecular weight is 1490 g/mol. The summed E-state index contributed by atoms with van der Waals surface area (Å²) >= 11 is 0. The van der Waals surface area contributed by atoms with Crippen molar-refractivity contribution in [1.82, 2.24) is 18.3 Å². The Morgan fingerprint density at radius 3 is 0.897 bits per heavy atom. The smallest absolute Gasteiger partial charge is 0.0713 e. The summed E-state index contributed by atoms with van der Waals surface area (Å²) in [5, 5.41) is 10.1. The predicted molar refractivity (Wildman–Crippen MR) is 494 cm³/mol. The van der Waals surface area contributed by atoms with Gasteiger partial charge in [0.15, 0.2) is 0 Å². The highest BCUT2D eigenvalue weighted by Crippen LogP contribution is 2.57. The molecule has 22 aromatic rings. The number of benzene rings is 18. The number of hydrogen-bond acceptors (Lipinski definition) is 0. The third-order valence-electron chi connectivity index (χ3n) is 25.3. The summed E-state index contributed by atoms with van der Waals surface area (Å²) in [6, 6.07) is 156. The van der Waals surface area contributed by atoms with E-state index < -0.39 is 5.41 Å². The summed E-state index contributed by atoms with van der Waals surface area (Å²) in [7, 11) is 0. The highest BCUT2D eigenvalue weighted by Gasteiger charge is 2.46. The van der Waals surface area contributed by atoms with Crippen LogP contribution in [0.25, 0.3) is 177 Å². The van der Waals surface area contributed by atoms with Gasteiger partial charge in [0.25, 0.3) is 0 Å². The van der Waals surface area contributed by atoms with Gasteiger partial charge in [-0.15, -0.1) is 0 Å². The molecule has 4 heteroatoms. The summed E-state index contributed by atoms with van der Waals surface area (Å²) in [6.45, 7) is 4.71. The van der Waals surface area contributed by atoms with Crippen molar-refractivity contribution in [2.45, 2.75) is 32.1 Å². The first-order valence-electron chi connectivity index (χ1n) is 40.4. The summed E-state index contributed by atoms with van der Waals surface area (Å²) in [5.74, 6) is 0. The van der Waals surface area contributed by atoms with E-state index in [0.717, 1.165) is 11.4 Å². The van der Waals surface area contributed by atoms with Gasteiger partial charge < -0.3 is 18.3 Å². The zero-order valence-corrected chi connectivity index (χ0v) is 64.2. The van der Waals surface area contributed by atoms with Crippen molar-refractivity contribution in [3.05, 3.63) is 458 Å². The number of para-hydroxylation sites is 5. The van der Waals surface area contributed by atoms with Gasteiger partial charge in [-0.25, -0.2) is 0 Å². The molecule has 0 bridgehead atoms. The van der Waals surface area contributed by atoms with E-state index in [-0.39, 0.29) is 12.8 Å². The molecule has 0 spiro atoms. The van der Waals surface area contributed by atoms with Crippen LogP contribution in [0.4, 0.5) is 0 Å². The SMILES string of the molecule is C.CC1(C)c2ccccc2-c2ccc(-n3c4ccccc4c4cc(-c5ccc6c(c5)c5ccccc5n6-c5ccc(-c6ccccc6)cc5)ccc43)cc21.c1ccc(-n2c3ccccc3c3cc(-c4ccc5c(c4)c4ccccc4n5-c4ccc(-c5ccc6c(c5)-c5ccccc5C6(c5ccccc5)c5ccccc5)cc4)ccc32)cc1. The topological polar surface area (TPSA) is 19.7 Å². The van der Waals surface area contributed by atoms with E-state index >= 15 is 0 Å². The van der Waals surface area contributed by atoms with Crippen LogP contribution in [0.2, 0.25) is 0 Å². The maximum Gasteiger partial charge on any atom is 0.0713 e. The third-order valence-corrected chi connectivity index (χ3v) is 25.3. The summed E-state index contributed by atoms with van der Waals surface area (Å²) in [5.41, 5.74) is 36.9. The van der Waals surface area contributed by atoms with Crippen LogP contribution in [0.1, 0.15) is 54.7 Å². The Bertz CT molecular complexity index is 7640. The molecule has 0 radical (unpaired) electrons. The van der Waals surface area contributed by atoms with Gasteiger partial charge in [-0.2, -0.15) is 0 Å². The van der Waals surface area contributed by atoms with E-state index in [1.165, 1.54) is 199 Å². The van der Waals surface area contributed by atoms with Crippen molar-refractivity contribution in [2.75, 3.05) is 0 Å².